The molecule has 0 atom stereocenters. The first kappa shape index (κ1) is 18.2. The van der Waals surface area contributed by atoms with E-state index < -0.39 is 0 Å². The van der Waals surface area contributed by atoms with E-state index in [1.54, 1.807) is 38.5 Å². The van der Waals surface area contributed by atoms with Crippen molar-refractivity contribution in [2.24, 2.45) is 7.05 Å². The van der Waals surface area contributed by atoms with E-state index in [-0.39, 0.29) is 5.91 Å². The van der Waals surface area contributed by atoms with Crippen molar-refractivity contribution in [1.82, 2.24) is 29.1 Å². The van der Waals surface area contributed by atoms with Crippen molar-refractivity contribution in [2.45, 2.75) is 6.92 Å². The summed E-state index contributed by atoms with van der Waals surface area (Å²) in [6, 6.07) is 9.61. The lowest BCUT2D eigenvalue weighted by molar-refractivity contribution is 0.102. The van der Waals surface area contributed by atoms with Gasteiger partial charge in [-0.25, -0.2) is 15.0 Å². The Labute approximate surface area is 175 Å². The smallest absolute Gasteiger partial charge is 0.274 e. The maximum absolute atomic E-state index is 13.0. The van der Waals surface area contributed by atoms with Crippen molar-refractivity contribution in [3.8, 4) is 22.6 Å². The first-order valence-corrected chi connectivity index (χ1v) is 10.2. The summed E-state index contributed by atoms with van der Waals surface area (Å²) in [5.41, 5.74) is 7.29. The molecule has 0 saturated carbocycles. The molecule has 4 aromatic heterocycles. The number of aromatic nitrogens is 6. The minimum Gasteiger partial charge on any atom is -0.320 e. The number of nitrogens with one attached hydrogen (secondary N) is 1. The van der Waals surface area contributed by atoms with Crippen LogP contribution in [0.15, 0.2) is 59.9 Å². The number of imidazole rings is 1. The van der Waals surface area contributed by atoms with Crippen LogP contribution in [0, 0.1) is 6.92 Å². The van der Waals surface area contributed by atoms with E-state index in [9.17, 15) is 4.79 Å². The van der Waals surface area contributed by atoms with E-state index in [0.717, 1.165) is 22.4 Å². The first-order valence-electron chi connectivity index (χ1n) is 9.22. The molecule has 8 nitrogen and oxygen atoms in total. The molecular weight excluding hydrogens is 398 g/mol. The van der Waals surface area contributed by atoms with Crippen molar-refractivity contribution in [2.75, 3.05) is 5.32 Å². The molecule has 0 aliphatic heterocycles. The maximum Gasteiger partial charge on any atom is 0.274 e. The Hall–Kier alpha value is -3.85. The lowest BCUT2D eigenvalue weighted by Crippen LogP contribution is -2.15. The van der Waals surface area contributed by atoms with Gasteiger partial charge in [-0.1, -0.05) is 12.1 Å². The fourth-order valence-corrected chi connectivity index (χ4v) is 3.78. The molecule has 0 unspecified atom stereocenters. The molecule has 1 amide bonds. The third-order valence-corrected chi connectivity index (χ3v) is 5.40. The molecule has 0 saturated heterocycles. The van der Waals surface area contributed by atoms with E-state index in [1.165, 1.54) is 0 Å². The van der Waals surface area contributed by atoms with Crippen LogP contribution in [0.25, 0.3) is 28.3 Å². The number of benzene rings is 1. The monoisotopic (exact) mass is 415 g/mol. The van der Waals surface area contributed by atoms with Gasteiger partial charge in [0.05, 0.1) is 17.4 Å². The van der Waals surface area contributed by atoms with Gasteiger partial charge in [-0.2, -0.15) is 5.10 Å². The highest BCUT2D eigenvalue weighted by atomic mass is 32.1. The molecule has 30 heavy (non-hydrogen) atoms. The van der Waals surface area contributed by atoms with Gasteiger partial charge < -0.3 is 5.32 Å². The van der Waals surface area contributed by atoms with Crippen LogP contribution < -0.4 is 5.32 Å². The van der Waals surface area contributed by atoms with Crippen LogP contribution >= 0.6 is 11.3 Å². The van der Waals surface area contributed by atoms with Crippen molar-refractivity contribution < 1.29 is 4.79 Å². The highest BCUT2D eigenvalue weighted by Gasteiger charge is 2.15. The Kier molecular flexibility index (Phi) is 4.36. The van der Waals surface area contributed by atoms with Crippen LogP contribution in [-0.4, -0.2) is 35.0 Å². The van der Waals surface area contributed by atoms with Crippen molar-refractivity contribution in [3.63, 3.8) is 0 Å². The number of rotatable bonds is 4. The van der Waals surface area contributed by atoms with Crippen LogP contribution in [0.3, 0.4) is 0 Å². The normalized spacial score (nSPS) is 11.1. The molecule has 0 fully saturated rings. The second-order valence-electron chi connectivity index (χ2n) is 6.89. The van der Waals surface area contributed by atoms with E-state index in [4.69, 9.17) is 0 Å². The molecule has 0 aliphatic rings. The SMILES string of the molecule is Cc1ccc(-c2ncn(C)n2)cc1NC(=O)c1cnc2cc(-c3cscn3)ccn12. The molecule has 0 aliphatic carbocycles. The topological polar surface area (TPSA) is 90.0 Å². The Morgan fingerprint density at radius 1 is 1.10 bits per heavy atom. The number of nitrogens with zero attached hydrogens (tertiary/aromatic N) is 6. The number of hydrogen-bond acceptors (Lipinski definition) is 6. The minimum atomic E-state index is -0.238. The van der Waals surface area contributed by atoms with Gasteiger partial charge in [0.15, 0.2) is 5.82 Å². The Bertz CT molecular complexity index is 1370. The second-order valence-corrected chi connectivity index (χ2v) is 7.61. The van der Waals surface area contributed by atoms with Crippen LogP contribution in [0.5, 0.6) is 0 Å². The lowest BCUT2D eigenvalue weighted by Gasteiger charge is -2.10. The van der Waals surface area contributed by atoms with Gasteiger partial charge in [0.2, 0.25) is 0 Å². The van der Waals surface area contributed by atoms with Gasteiger partial charge >= 0.3 is 0 Å². The number of fused-ring (bicyclic) bond motifs is 1. The van der Waals surface area contributed by atoms with Gasteiger partial charge in [-0.3, -0.25) is 13.9 Å². The summed E-state index contributed by atoms with van der Waals surface area (Å²) in [7, 11) is 1.82. The maximum atomic E-state index is 13.0. The van der Waals surface area contributed by atoms with Crippen molar-refractivity contribution in [1.29, 1.82) is 0 Å². The fourth-order valence-electron chi connectivity index (χ4n) is 3.22. The second kappa shape index (κ2) is 7.20. The zero-order valence-corrected chi connectivity index (χ0v) is 17.1. The highest BCUT2D eigenvalue weighted by molar-refractivity contribution is 7.07. The van der Waals surface area contributed by atoms with E-state index in [1.807, 2.05) is 55.9 Å². The summed E-state index contributed by atoms with van der Waals surface area (Å²) >= 11 is 1.54. The molecule has 4 heterocycles. The van der Waals surface area contributed by atoms with Gasteiger partial charge in [-0.05, 0) is 30.7 Å². The summed E-state index contributed by atoms with van der Waals surface area (Å²) in [4.78, 5) is 26.0. The summed E-state index contributed by atoms with van der Waals surface area (Å²) in [6.45, 7) is 1.94. The molecule has 1 N–H and O–H groups in total. The highest BCUT2D eigenvalue weighted by Crippen LogP contribution is 2.24. The largest absolute Gasteiger partial charge is 0.320 e. The number of aryl methyl sites for hydroxylation is 2. The summed E-state index contributed by atoms with van der Waals surface area (Å²) in [6.07, 6.45) is 5.06. The molecule has 1 aromatic carbocycles. The third-order valence-electron chi connectivity index (χ3n) is 4.82. The zero-order valence-electron chi connectivity index (χ0n) is 16.3. The van der Waals surface area contributed by atoms with E-state index >= 15 is 0 Å². The van der Waals surface area contributed by atoms with Gasteiger partial charge in [0.25, 0.3) is 5.91 Å². The van der Waals surface area contributed by atoms with Gasteiger partial charge in [0.1, 0.15) is 17.7 Å². The number of thiazole rings is 1. The number of pyridine rings is 1. The molecule has 5 rings (SSSR count). The quantitative estimate of drug-likeness (QED) is 0.482. The first-order chi connectivity index (χ1) is 14.6. The average molecular weight is 415 g/mol. The molecule has 0 spiro atoms. The number of anilines is 1. The lowest BCUT2D eigenvalue weighted by atomic mass is 10.1. The number of amides is 1. The molecule has 148 valence electrons. The number of carbonyl (C=O) groups excluding carboxylic acids is 1. The Balaban J connectivity index is 1.45. The number of carbonyl (C=O) groups is 1. The van der Waals surface area contributed by atoms with Crippen molar-refractivity contribution >= 4 is 28.6 Å². The van der Waals surface area contributed by atoms with Crippen molar-refractivity contribution in [3.05, 3.63) is 71.2 Å². The average Bonchev–Trinajstić information content (AvgIpc) is 3.49. The fraction of sp³-hybridized carbons (Fsp3) is 0.0952. The Morgan fingerprint density at radius 3 is 2.77 bits per heavy atom. The summed E-state index contributed by atoms with van der Waals surface area (Å²) in [5.74, 6) is 0.371. The number of hydrogen-bond donors (Lipinski definition) is 1. The molecule has 0 radical (unpaired) electrons. The van der Waals surface area contributed by atoms with Crippen LogP contribution in [-0.2, 0) is 7.05 Å². The van der Waals surface area contributed by atoms with E-state index in [2.05, 4.69) is 25.4 Å². The summed E-state index contributed by atoms with van der Waals surface area (Å²) in [5, 5.41) is 9.30. The molecule has 0 bridgehead atoms. The predicted octanol–water partition coefficient (Wildman–Crippen LogP) is 3.81. The van der Waals surface area contributed by atoms with Crippen LogP contribution in [0.1, 0.15) is 16.1 Å². The van der Waals surface area contributed by atoms with Crippen LogP contribution in [0.4, 0.5) is 5.69 Å². The molecule has 9 heteroatoms. The van der Waals surface area contributed by atoms with E-state index in [0.29, 0.717) is 22.9 Å². The minimum absolute atomic E-state index is 0.238. The zero-order chi connectivity index (χ0) is 20.7. The standard InChI is InChI=1S/C21H17N7OS/c1-13-3-4-15(20-23-11-27(2)26-20)7-16(13)25-21(29)18-9-22-19-8-14(5-6-28(18)19)17-10-30-12-24-17/h3-12H,1-2H3,(H,25,29). The van der Waals surface area contributed by atoms with Gasteiger partial charge in [-0.15, -0.1) is 11.3 Å². The predicted molar refractivity (Wildman–Crippen MR) is 115 cm³/mol. The molecule has 5 aromatic rings. The summed E-state index contributed by atoms with van der Waals surface area (Å²) < 4.78 is 3.41. The van der Waals surface area contributed by atoms with Crippen LogP contribution in [0.2, 0.25) is 0 Å². The third kappa shape index (κ3) is 3.25. The molecular formula is C21H17N7OS. The Morgan fingerprint density at radius 2 is 2.00 bits per heavy atom. The van der Waals surface area contributed by atoms with Gasteiger partial charge in [0, 0.05) is 35.4 Å².